The summed E-state index contributed by atoms with van der Waals surface area (Å²) in [5.74, 6) is -0.798. The van der Waals surface area contributed by atoms with Gasteiger partial charge in [-0.05, 0) is 37.8 Å². The van der Waals surface area contributed by atoms with Crippen LogP contribution in [0.1, 0.15) is 28.9 Å². The number of urea groups is 1. The fourth-order valence-electron chi connectivity index (χ4n) is 4.01. The molecule has 8 nitrogen and oxygen atoms in total. The number of hydrogen-bond donors (Lipinski definition) is 2. The molecule has 1 aliphatic heterocycles. The van der Waals surface area contributed by atoms with E-state index in [1.807, 2.05) is 31.2 Å². The Hall–Kier alpha value is -3.16. The molecule has 0 unspecified atom stereocenters. The summed E-state index contributed by atoms with van der Waals surface area (Å²) in [7, 11) is 1.79. The van der Waals surface area contributed by atoms with Crippen molar-refractivity contribution in [1.82, 2.24) is 20.0 Å². The number of nitrogens with zero attached hydrogens (tertiary/aromatic N) is 3. The Morgan fingerprint density at radius 1 is 1.30 bits per heavy atom. The Balaban J connectivity index is 1.55. The number of fused-ring (bicyclic) bond motifs is 2. The summed E-state index contributed by atoms with van der Waals surface area (Å²) in [4.78, 5) is 39.1. The van der Waals surface area contributed by atoms with E-state index < -0.39 is 17.5 Å². The first kappa shape index (κ1) is 17.3. The van der Waals surface area contributed by atoms with Crippen LogP contribution in [0.4, 0.5) is 10.5 Å². The van der Waals surface area contributed by atoms with E-state index in [9.17, 15) is 14.4 Å². The fraction of sp³-hybridized carbons (Fsp3) is 0.368. The Bertz CT molecular complexity index is 980. The van der Waals surface area contributed by atoms with Gasteiger partial charge in [0.1, 0.15) is 12.1 Å². The number of carbonyl (C=O) groups is 3. The molecule has 8 heteroatoms. The topological polar surface area (TPSA) is 96.3 Å². The lowest BCUT2D eigenvalue weighted by molar-refractivity contribution is -0.134. The largest absolute Gasteiger partial charge is 0.325 e. The average molecular weight is 367 g/mol. The molecule has 1 aliphatic carbocycles. The SMILES string of the molecule is Cc1nn(C)c(C)c1NC(=O)CN1C(=O)N[C@]2(CCc3ccccc32)C1=O. The molecule has 2 N–H and O–H groups in total. The Morgan fingerprint density at radius 3 is 2.74 bits per heavy atom. The summed E-state index contributed by atoms with van der Waals surface area (Å²) in [6.07, 6.45) is 1.23. The van der Waals surface area contributed by atoms with E-state index in [1.54, 1.807) is 18.7 Å². The standard InChI is InChI=1S/C19H21N5O3/c1-11-16(12(2)23(3)22-11)20-15(25)10-24-17(26)19(21-18(24)27)9-8-13-6-4-5-7-14(13)19/h4-7H,8-10H2,1-3H3,(H,20,25)(H,21,27)/t19-/m0/s1. The second-order valence-electron chi connectivity index (χ2n) is 7.10. The summed E-state index contributed by atoms with van der Waals surface area (Å²) in [6, 6.07) is 7.07. The third-order valence-electron chi connectivity index (χ3n) is 5.50. The van der Waals surface area contributed by atoms with Gasteiger partial charge in [-0.1, -0.05) is 24.3 Å². The van der Waals surface area contributed by atoms with Crippen molar-refractivity contribution in [3.05, 3.63) is 46.8 Å². The first-order chi connectivity index (χ1) is 12.8. The first-order valence-electron chi connectivity index (χ1n) is 8.86. The summed E-state index contributed by atoms with van der Waals surface area (Å²) in [5, 5.41) is 9.84. The second-order valence-corrected chi connectivity index (χ2v) is 7.10. The summed E-state index contributed by atoms with van der Waals surface area (Å²) < 4.78 is 1.67. The number of anilines is 1. The van der Waals surface area contributed by atoms with Gasteiger partial charge in [-0.15, -0.1) is 0 Å². The Morgan fingerprint density at radius 2 is 2.04 bits per heavy atom. The highest BCUT2D eigenvalue weighted by atomic mass is 16.2. The van der Waals surface area contributed by atoms with Crippen LogP contribution in [-0.2, 0) is 28.6 Å². The van der Waals surface area contributed by atoms with E-state index in [2.05, 4.69) is 15.7 Å². The molecule has 1 atom stereocenters. The lowest BCUT2D eigenvalue weighted by atomic mass is 9.92. The van der Waals surface area contributed by atoms with Gasteiger partial charge < -0.3 is 10.6 Å². The molecule has 4 amide bonds. The molecule has 1 fully saturated rings. The van der Waals surface area contributed by atoms with Crippen molar-refractivity contribution >= 4 is 23.5 Å². The summed E-state index contributed by atoms with van der Waals surface area (Å²) in [6.45, 7) is 3.30. The number of hydrogen-bond acceptors (Lipinski definition) is 4. The van der Waals surface area contributed by atoms with Crippen LogP contribution >= 0.6 is 0 Å². The minimum Gasteiger partial charge on any atom is -0.321 e. The molecule has 2 aliphatic rings. The van der Waals surface area contributed by atoms with Crippen molar-refractivity contribution in [3.8, 4) is 0 Å². The van der Waals surface area contributed by atoms with Crippen molar-refractivity contribution in [2.75, 3.05) is 11.9 Å². The molecular weight excluding hydrogens is 346 g/mol. The number of amides is 4. The smallest absolute Gasteiger partial charge is 0.321 e. The van der Waals surface area contributed by atoms with Gasteiger partial charge in [0.25, 0.3) is 5.91 Å². The normalized spacial score (nSPS) is 20.9. The molecule has 1 saturated heterocycles. The summed E-state index contributed by atoms with van der Waals surface area (Å²) in [5.41, 5.74) is 2.93. The van der Waals surface area contributed by atoms with Crippen molar-refractivity contribution in [2.45, 2.75) is 32.2 Å². The van der Waals surface area contributed by atoms with Gasteiger partial charge in [0.2, 0.25) is 5.91 Å². The zero-order valence-corrected chi connectivity index (χ0v) is 15.5. The molecule has 1 aromatic heterocycles. The van der Waals surface area contributed by atoms with E-state index >= 15 is 0 Å². The predicted octanol–water partition coefficient (Wildman–Crippen LogP) is 1.37. The lowest BCUT2D eigenvalue weighted by Crippen LogP contribution is -2.43. The highest BCUT2D eigenvalue weighted by molar-refractivity contribution is 6.11. The van der Waals surface area contributed by atoms with Crippen LogP contribution in [0, 0.1) is 13.8 Å². The highest BCUT2D eigenvalue weighted by Gasteiger charge is 2.55. The number of aromatic nitrogens is 2. The fourth-order valence-corrected chi connectivity index (χ4v) is 4.01. The number of nitrogens with one attached hydrogen (secondary N) is 2. The number of rotatable bonds is 3. The van der Waals surface area contributed by atoms with Crippen LogP contribution in [-0.4, -0.2) is 39.1 Å². The maximum absolute atomic E-state index is 13.1. The van der Waals surface area contributed by atoms with Gasteiger partial charge in [0.15, 0.2) is 0 Å². The molecule has 0 saturated carbocycles. The monoisotopic (exact) mass is 367 g/mol. The van der Waals surface area contributed by atoms with E-state index in [1.165, 1.54) is 0 Å². The quantitative estimate of drug-likeness (QED) is 0.801. The Kier molecular flexibility index (Phi) is 3.80. The molecule has 2 heterocycles. The molecule has 0 radical (unpaired) electrons. The maximum Gasteiger partial charge on any atom is 0.325 e. The zero-order chi connectivity index (χ0) is 19.3. The van der Waals surface area contributed by atoms with Crippen molar-refractivity contribution in [3.63, 3.8) is 0 Å². The van der Waals surface area contributed by atoms with Gasteiger partial charge in [-0.3, -0.25) is 19.2 Å². The van der Waals surface area contributed by atoms with E-state index in [0.717, 1.165) is 28.1 Å². The number of aryl methyl sites for hydroxylation is 3. The highest BCUT2D eigenvalue weighted by Crippen LogP contribution is 2.41. The van der Waals surface area contributed by atoms with Crippen LogP contribution in [0.15, 0.2) is 24.3 Å². The summed E-state index contributed by atoms with van der Waals surface area (Å²) >= 11 is 0. The van der Waals surface area contributed by atoms with Crippen LogP contribution in [0.3, 0.4) is 0 Å². The first-order valence-corrected chi connectivity index (χ1v) is 8.86. The number of carbonyl (C=O) groups excluding carboxylic acids is 3. The number of imide groups is 1. The molecule has 2 aromatic rings. The van der Waals surface area contributed by atoms with Crippen LogP contribution < -0.4 is 10.6 Å². The number of benzene rings is 1. The van der Waals surface area contributed by atoms with Crippen LogP contribution in [0.5, 0.6) is 0 Å². The molecule has 1 aromatic carbocycles. The van der Waals surface area contributed by atoms with E-state index in [4.69, 9.17) is 0 Å². The van der Waals surface area contributed by atoms with E-state index in [0.29, 0.717) is 17.8 Å². The third kappa shape index (κ3) is 2.51. The minimum atomic E-state index is -1.05. The van der Waals surface area contributed by atoms with Gasteiger partial charge >= 0.3 is 6.03 Å². The minimum absolute atomic E-state index is 0.331. The lowest BCUT2D eigenvalue weighted by Gasteiger charge is -2.22. The van der Waals surface area contributed by atoms with Crippen LogP contribution in [0.25, 0.3) is 0 Å². The van der Waals surface area contributed by atoms with Gasteiger partial charge in [0, 0.05) is 7.05 Å². The van der Waals surface area contributed by atoms with Crippen molar-refractivity contribution in [2.24, 2.45) is 7.05 Å². The van der Waals surface area contributed by atoms with E-state index in [-0.39, 0.29) is 12.5 Å². The molecule has 0 bridgehead atoms. The van der Waals surface area contributed by atoms with Crippen LogP contribution in [0.2, 0.25) is 0 Å². The van der Waals surface area contributed by atoms with Crippen molar-refractivity contribution < 1.29 is 14.4 Å². The molecular formula is C19H21N5O3. The Labute approximate surface area is 156 Å². The van der Waals surface area contributed by atoms with Gasteiger partial charge in [-0.25, -0.2) is 4.79 Å². The average Bonchev–Trinajstić information content (AvgIpc) is 3.20. The molecule has 140 valence electrons. The molecule has 4 rings (SSSR count). The zero-order valence-electron chi connectivity index (χ0n) is 15.5. The molecule has 1 spiro atoms. The second kappa shape index (κ2) is 5.94. The van der Waals surface area contributed by atoms with Crippen molar-refractivity contribution in [1.29, 1.82) is 0 Å². The third-order valence-corrected chi connectivity index (χ3v) is 5.50. The molecule has 27 heavy (non-hydrogen) atoms. The van der Waals surface area contributed by atoms with Gasteiger partial charge in [0.05, 0.1) is 17.1 Å². The van der Waals surface area contributed by atoms with Gasteiger partial charge in [-0.2, -0.15) is 5.10 Å². The maximum atomic E-state index is 13.1. The predicted molar refractivity (Wildman–Crippen MR) is 98.0 cm³/mol.